The Labute approximate surface area is 137 Å². The van der Waals surface area contributed by atoms with E-state index in [-0.39, 0.29) is 0 Å². The van der Waals surface area contributed by atoms with Crippen LogP contribution < -0.4 is 9.47 Å². The van der Waals surface area contributed by atoms with Gasteiger partial charge in [-0.05, 0) is 43.3 Å². The molecule has 0 aromatic heterocycles. The van der Waals surface area contributed by atoms with Crippen molar-refractivity contribution in [3.05, 3.63) is 57.0 Å². The van der Waals surface area contributed by atoms with Crippen molar-refractivity contribution in [3.63, 3.8) is 0 Å². The van der Waals surface area contributed by atoms with Gasteiger partial charge in [-0.15, -0.1) is 0 Å². The predicted octanol–water partition coefficient (Wildman–Crippen LogP) is 4.74. The maximum Gasteiger partial charge on any atom is 0.125 e. The zero-order valence-electron chi connectivity index (χ0n) is 11.8. The lowest BCUT2D eigenvalue weighted by atomic mass is 10.1. The second-order valence-corrected chi connectivity index (χ2v) is 5.96. The maximum absolute atomic E-state index is 9.82. The second-order valence-electron chi connectivity index (χ2n) is 4.60. The third-order valence-corrected chi connectivity index (χ3v) is 3.78. The first-order valence-electron chi connectivity index (χ1n) is 6.44. The van der Waals surface area contributed by atoms with E-state index in [4.69, 9.17) is 21.1 Å². The Balaban J connectivity index is 2.22. The molecule has 0 fully saturated rings. The van der Waals surface area contributed by atoms with E-state index in [0.717, 1.165) is 21.3 Å². The largest absolute Gasteiger partial charge is 0.496 e. The molecule has 0 radical (unpaired) electrons. The summed E-state index contributed by atoms with van der Waals surface area (Å²) in [5.74, 6) is 1.35. The summed E-state index contributed by atoms with van der Waals surface area (Å²) in [6.07, 6.45) is -0.612. The number of aliphatic hydroxyl groups excluding tert-OH is 1. The Kier molecular flexibility index (Phi) is 5.51. The fourth-order valence-electron chi connectivity index (χ4n) is 1.99. The van der Waals surface area contributed by atoms with Crippen molar-refractivity contribution in [1.82, 2.24) is 0 Å². The highest BCUT2D eigenvalue weighted by Gasteiger charge is 2.11. The average molecular weight is 372 g/mol. The van der Waals surface area contributed by atoms with Gasteiger partial charge in [-0.25, -0.2) is 0 Å². The first-order valence-corrected chi connectivity index (χ1v) is 7.61. The van der Waals surface area contributed by atoms with Gasteiger partial charge in [-0.1, -0.05) is 27.5 Å². The molecular weight excluding hydrogens is 356 g/mol. The van der Waals surface area contributed by atoms with Gasteiger partial charge >= 0.3 is 0 Å². The molecule has 21 heavy (non-hydrogen) atoms. The summed E-state index contributed by atoms with van der Waals surface area (Å²) in [6.45, 7) is 2.01. The summed E-state index contributed by atoms with van der Waals surface area (Å²) in [6, 6.07) is 10.9. The van der Waals surface area contributed by atoms with Gasteiger partial charge in [0.05, 0.1) is 13.2 Å². The van der Waals surface area contributed by atoms with Crippen molar-refractivity contribution in [2.45, 2.75) is 19.6 Å². The zero-order valence-corrected chi connectivity index (χ0v) is 14.1. The van der Waals surface area contributed by atoms with Crippen LogP contribution in [0.25, 0.3) is 0 Å². The number of benzene rings is 2. The smallest absolute Gasteiger partial charge is 0.125 e. The summed E-state index contributed by atoms with van der Waals surface area (Å²) in [5, 5.41) is 10.5. The number of ether oxygens (including phenoxy) is 2. The van der Waals surface area contributed by atoms with Gasteiger partial charge < -0.3 is 14.6 Å². The molecule has 2 aromatic carbocycles. The van der Waals surface area contributed by atoms with Gasteiger partial charge in [0.2, 0.25) is 0 Å². The first kappa shape index (κ1) is 16.1. The standard InChI is InChI=1S/C16H16BrClO3/c1-10(19)14-8-12(17)3-5-16(14)21-9-11-7-13(18)4-6-15(11)20-2/h3-8,10,19H,9H2,1-2H3/t10-/m1/s1. The molecule has 1 atom stereocenters. The van der Waals surface area contributed by atoms with Crippen molar-refractivity contribution in [2.24, 2.45) is 0 Å². The lowest BCUT2D eigenvalue weighted by Gasteiger charge is -2.15. The van der Waals surface area contributed by atoms with E-state index in [1.165, 1.54) is 0 Å². The highest BCUT2D eigenvalue weighted by atomic mass is 79.9. The Morgan fingerprint density at radius 2 is 1.90 bits per heavy atom. The molecule has 2 rings (SSSR count). The lowest BCUT2D eigenvalue weighted by Crippen LogP contribution is -2.02. The lowest BCUT2D eigenvalue weighted by molar-refractivity contribution is 0.189. The van der Waals surface area contributed by atoms with Crippen LogP contribution in [-0.4, -0.2) is 12.2 Å². The van der Waals surface area contributed by atoms with E-state index in [0.29, 0.717) is 17.4 Å². The van der Waals surface area contributed by atoms with Gasteiger partial charge in [0.15, 0.2) is 0 Å². The minimum absolute atomic E-state index is 0.311. The van der Waals surface area contributed by atoms with Crippen LogP contribution in [0.1, 0.15) is 24.2 Å². The third-order valence-electron chi connectivity index (χ3n) is 3.05. The SMILES string of the molecule is COc1ccc(Cl)cc1COc1ccc(Br)cc1[C@@H](C)O. The van der Waals surface area contributed by atoms with Crippen LogP contribution in [0.3, 0.4) is 0 Å². The van der Waals surface area contributed by atoms with Crippen LogP contribution in [0.15, 0.2) is 40.9 Å². The third kappa shape index (κ3) is 4.13. The fraction of sp³-hybridized carbons (Fsp3) is 0.250. The van der Waals surface area contributed by atoms with Crippen LogP contribution in [0, 0.1) is 0 Å². The molecule has 0 bridgehead atoms. The van der Waals surface area contributed by atoms with Crippen molar-refractivity contribution in [3.8, 4) is 11.5 Å². The molecule has 0 amide bonds. The molecule has 1 N–H and O–H groups in total. The quantitative estimate of drug-likeness (QED) is 0.825. The molecular formula is C16H16BrClO3. The van der Waals surface area contributed by atoms with Crippen LogP contribution in [0.4, 0.5) is 0 Å². The zero-order chi connectivity index (χ0) is 15.4. The van der Waals surface area contributed by atoms with Crippen LogP contribution >= 0.6 is 27.5 Å². The molecule has 0 aliphatic carbocycles. The number of hydrogen-bond donors (Lipinski definition) is 1. The summed E-state index contributed by atoms with van der Waals surface area (Å²) in [4.78, 5) is 0. The van der Waals surface area contributed by atoms with Gasteiger partial charge in [0.25, 0.3) is 0 Å². The monoisotopic (exact) mass is 370 g/mol. The van der Waals surface area contributed by atoms with E-state index in [1.807, 2.05) is 18.2 Å². The van der Waals surface area contributed by atoms with E-state index >= 15 is 0 Å². The molecule has 112 valence electrons. The summed E-state index contributed by atoms with van der Waals surface area (Å²) < 4.78 is 12.0. The molecule has 0 heterocycles. The Hall–Kier alpha value is -1.23. The number of rotatable bonds is 5. The molecule has 0 unspecified atom stereocenters. The predicted molar refractivity (Wildman–Crippen MR) is 87.1 cm³/mol. The summed E-state index contributed by atoms with van der Waals surface area (Å²) >= 11 is 9.39. The molecule has 0 aliphatic heterocycles. The van der Waals surface area contributed by atoms with E-state index < -0.39 is 6.10 Å². The Morgan fingerprint density at radius 3 is 2.57 bits per heavy atom. The van der Waals surface area contributed by atoms with Gasteiger partial charge in [0, 0.05) is 20.6 Å². The van der Waals surface area contributed by atoms with Crippen LogP contribution in [0.5, 0.6) is 11.5 Å². The number of halogens is 2. The van der Waals surface area contributed by atoms with Crippen molar-refractivity contribution < 1.29 is 14.6 Å². The van der Waals surface area contributed by atoms with E-state index in [2.05, 4.69) is 15.9 Å². The van der Waals surface area contributed by atoms with Crippen LogP contribution in [-0.2, 0) is 6.61 Å². The van der Waals surface area contributed by atoms with Crippen molar-refractivity contribution in [2.75, 3.05) is 7.11 Å². The van der Waals surface area contributed by atoms with Gasteiger partial charge in [-0.2, -0.15) is 0 Å². The second kappa shape index (κ2) is 7.16. The molecule has 0 spiro atoms. The average Bonchev–Trinajstić information content (AvgIpc) is 2.46. The molecule has 2 aromatic rings. The molecule has 5 heteroatoms. The maximum atomic E-state index is 9.82. The number of hydrogen-bond acceptors (Lipinski definition) is 3. The number of aliphatic hydroxyl groups is 1. The van der Waals surface area contributed by atoms with Gasteiger partial charge in [-0.3, -0.25) is 0 Å². The fourth-order valence-corrected chi connectivity index (χ4v) is 2.57. The Bertz CT molecular complexity index is 629. The first-order chi connectivity index (χ1) is 10.0. The molecule has 0 saturated heterocycles. The topological polar surface area (TPSA) is 38.7 Å². The summed E-state index contributed by atoms with van der Waals surface area (Å²) in [7, 11) is 1.60. The molecule has 3 nitrogen and oxygen atoms in total. The summed E-state index contributed by atoms with van der Waals surface area (Å²) in [5.41, 5.74) is 1.58. The van der Waals surface area contributed by atoms with E-state index in [9.17, 15) is 5.11 Å². The Morgan fingerprint density at radius 1 is 1.19 bits per heavy atom. The minimum atomic E-state index is -0.612. The number of methoxy groups -OCH3 is 1. The van der Waals surface area contributed by atoms with Crippen molar-refractivity contribution in [1.29, 1.82) is 0 Å². The molecule has 0 saturated carbocycles. The minimum Gasteiger partial charge on any atom is -0.496 e. The highest BCUT2D eigenvalue weighted by Crippen LogP contribution is 2.30. The van der Waals surface area contributed by atoms with Crippen LogP contribution in [0.2, 0.25) is 5.02 Å². The normalized spacial score (nSPS) is 12.0. The van der Waals surface area contributed by atoms with Crippen molar-refractivity contribution >= 4 is 27.5 Å². The highest BCUT2D eigenvalue weighted by molar-refractivity contribution is 9.10. The molecule has 0 aliphatic rings. The van der Waals surface area contributed by atoms with E-state index in [1.54, 1.807) is 32.2 Å². The van der Waals surface area contributed by atoms with Gasteiger partial charge in [0.1, 0.15) is 18.1 Å².